The van der Waals surface area contributed by atoms with Crippen molar-refractivity contribution in [2.24, 2.45) is 7.05 Å². The number of pyridine rings is 1. The monoisotopic (exact) mass is 337 g/mol. The SMILES string of the molecule is Cn1ccc(C(=O)NC(C)(C)CCNC(=O)OC(C)(C)C)cc1=O. The summed E-state index contributed by atoms with van der Waals surface area (Å²) in [5, 5.41) is 5.52. The van der Waals surface area contributed by atoms with E-state index < -0.39 is 17.2 Å². The number of amides is 2. The van der Waals surface area contributed by atoms with E-state index in [4.69, 9.17) is 4.74 Å². The molecule has 0 aliphatic heterocycles. The highest BCUT2D eigenvalue weighted by Gasteiger charge is 2.22. The molecule has 1 heterocycles. The standard InChI is InChI=1S/C17H27N3O4/c1-16(2,3)24-15(23)18-9-8-17(4,5)19-14(22)12-7-10-20(6)13(21)11-12/h7,10-11H,8-9H2,1-6H3,(H,18,23)(H,19,22). The molecule has 7 heteroatoms. The summed E-state index contributed by atoms with van der Waals surface area (Å²) in [5.41, 5.74) is -1.03. The summed E-state index contributed by atoms with van der Waals surface area (Å²) in [6, 6.07) is 2.89. The number of rotatable bonds is 5. The summed E-state index contributed by atoms with van der Waals surface area (Å²) >= 11 is 0. The molecule has 134 valence electrons. The molecule has 0 atom stereocenters. The lowest BCUT2D eigenvalue weighted by atomic mass is 10.00. The first kappa shape index (κ1) is 19.7. The van der Waals surface area contributed by atoms with E-state index >= 15 is 0 Å². The van der Waals surface area contributed by atoms with E-state index in [9.17, 15) is 14.4 Å². The number of alkyl carbamates (subject to hydrolysis) is 1. The molecule has 0 aromatic carbocycles. The summed E-state index contributed by atoms with van der Waals surface area (Å²) in [7, 11) is 1.62. The lowest BCUT2D eigenvalue weighted by Crippen LogP contribution is -2.46. The highest BCUT2D eigenvalue weighted by atomic mass is 16.6. The summed E-state index contributed by atoms with van der Waals surface area (Å²) in [6.45, 7) is 9.44. The van der Waals surface area contributed by atoms with Gasteiger partial charge in [-0.2, -0.15) is 0 Å². The van der Waals surface area contributed by atoms with Gasteiger partial charge >= 0.3 is 6.09 Å². The Bertz CT molecular complexity index is 657. The second-order valence-corrected chi connectivity index (χ2v) is 7.38. The molecular weight excluding hydrogens is 310 g/mol. The molecule has 0 aliphatic carbocycles. The first-order valence-corrected chi connectivity index (χ1v) is 7.86. The maximum absolute atomic E-state index is 12.2. The van der Waals surface area contributed by atoms with E-state index in [0.29, 0.717) is 18.5 Å². The molecule has 0 fully saturated rings. The van der Waals surface area contributed by atoms with Crippen LogP contribution >= 0.6 is 0 Å². The van der Waals surface area contributed by atoms with Gasteiger partial charge in [0, 0.05) is 37.0 Å². The van der Waals surface area contributed by atoms with Crippen molar-refractivity contribution in [3.8, 4) is 0 Å². The predicted molar refractivity (Wildman–Crippen MR) is 92.1 cm³/mol. The van der Waals surface area contributed by atoms with Crippen molar-refractivity contribution in [1.82, 2.24) is 15.2 Å². The third-order valence-corrected chi connectivity index (χ3v) is 3.24. The molecule has 2 N–H and O–H groups in total. The molecule has 1 rings (SSSR count). The molecule has 0 radical (unpaired) electrons. The maximum Gasteiger partial charge on any atom is 0.407 e. The van der Waals surface area contributed by atoms with Crippen LogP contribution in [0, 0.1) is 0 Å². The van der Waals surface area contributed by atoms with Gasteiger partial charge in [-0.05, 0) is 47.1 Å². The van der Waals surface area contributed by atoms with Crippen LogP contribution in [0.1, 0.15) is 51.4 Å². The summed E-state index contributed by atoms with van der Waals surface area (Å²) < 4.78 is 6.55. The molecule has 24 heavy (non-hydrogen) atoms. The third kappa shape index (κ3) is 6.85. The van der Waals surface area contributed by atoms with Crippen molar-refractivity contribution in [2.75, 3.05) is 6.54 Å². The molecule has 0 saturated heterocycles. The minimum Gasteiger partial charge on any atom is -0.444 e. The molecule has 0 saturated carbocycles. The highest BCUT2D eigenvalue weighted by molar-refractivity contribution is 5.94. The van der Waals surface area contributed by atoms with Crippen LogP contribution in [-0.4, -0.2) is 34.3 Å². The number of nitrogens with zero attached hydrogens (tertiary/aromatic N) is 1. The van der Waals surface area contributed by atoms with Gasteiger partial charge in [0.2, 0.25) is 0 Å². The number of carbonyl (C=O) groups excluding carboxylic acids is 2. The van der Waals surface area contributed by atoms with E-state index in [2.05, 4.69) is 10.6 Å². The van der Waals surface area contributed by atoms with Crippen LogP contribution in [0.15, 0.2) is 23.1 Å². The van der Waals surface area contributed by atoms with E-state index in [-0.39, 0.29) is 11.5 Å². The smallest absolute Gasteiger partial charge is 0.407 e. The topological polar surface area (TPSA) is 89.4 Å². The second-order valence-electron chi connectivity index (χ2n) is 7.38. The summed E-state index contributed by atoms with van der Waals surface area (Å²) in [5.74, 6) is -0.324. The van der Waals surface area contributed by atoms with Gasteiger partial charge in [0.25, 0.3) is 11.5 Å². The van der Waals surface area contributed by atoms with E-state index in [0.717, 1.165) is 0 Å². The first-order valence-electron chi connectivity index (χ1n) is 7.86. The van der Waals surface area contributed by atoms with Crippen molar-refractivity contribution < 1.29 is 14.3 Å². The zero-order chi connectivity index (χ0) is 18.5. The average Bonchev–Trinajstić information content (AvgIpc) is 2.38. The Morgan fingerprint density at radius 3 is 2.38 bits per heavy atom. The van der Waals surface area contributed by atoms with Crippen molar-refractivity contribution >= 4 is 12.0 Å². The molecule has 7 nitrogen and oxygen atoms in total. The van der Waals surface area contributed by atoms with Gasteiger partial charge in [-0.1, -0.05) is 0 Å². The molecular formula is C17H27N3O4. The molecule has 1 aromatic heterocycles. The fourth-order valence-corrected chi connectivity index (χ4v) is 1.92. The van der Waals surface area contributed by atoms with Crippen molar-refractivity contribution in [3.05, 3.63) is 34.2 Å². The number of nitrogens with one attached hydrogen (secondary N) is 2. The minimum absolute atomic E-state index is 0.243. The van der Waals surface area contributed by atoms with E-state index in [1.807, 2.05) is 13.8 Å². The van der Waals surface area contributed by atoms with Gasteiger partial charge in [-0.15, -0.1) is 0 Å². The van der Waals surface area contributed by atoms with Crippen molar-refractivity contribution in [3.63, 3.8) is 0 Å². The third-order valence-electron chi connectivity index (χ3n) is 3.24. The van der Waals surface area contributed by atoms with Gasteiger partial charge in [0.05, 0.1) is 0 Å². The second kappa shape index (κ2) is 7.51. The molecule has 0 aliphatic rings. The lowest BCUT2D eigenvalue weighted by Gasteiger charge is -2.27. The lowest BCUT2D eigenvalue weighted by molar-refractivity contribution is 0.0524. The van der Waals surface area contributed by atoms with Gasteiger partial charge in [0.15, 0.2) is 0 Å². The van der Waals surface area contributed by atoms with Crippen molar-refractivity contribution in [1.29, 1.82) is 0 Å². The van der Waals surface area contributed by atoms with E-state index in [1.54, 1.807) is 40.1 Å². The summed E-state index contributed by atoms with van der Waals surface area (Å²) in [4.78, 5) is 35.4. The average molecular weight is 337 g/mol. The number of hydrogen-bond acceptors (Lipinski definition) is 4. The fraction of sp³-hybridized carbons (Fsp3) is 0.588. The minimum atomic E-state index is -0.548. The molecule has 0 spiro atoms. The Morgan fingerprint density at radius 2 is 1.83 bits per heavy atom. The Labute approximate surface area is 142 Å². The number of aryl methyl sites for hydroxylation is 1. The van der Waals surface area contributed by atoms with Gasteiger partial charge < -0.3 is 19.9 Å². The van der Waals surface area contributed by atoms with Crippen LogP contribution in [0.2, 0.25) is 0 Å². The molecule has 1 aromatic rings. The Morgan fingerprint density at radius 1 is 1.21 bits per heavy atom. The van der Waals surface area contributed by atoms with Crippen LogP contribution in [0.3, 0.4) is 0 Å². The quantitative estimate of drug-likeness (QED) is 0.857. The fourth-order valence-electron chi connectivity index (χ4n) is 1.92. The predicted octanol–water partition coefficient (Wildman–Crippen LogP) is 1.81. The number of hydrogen-bond donors (Lipinski definition) is 2. The van der Waals surface area contributed by atoms with E-state index in [1.165, 1.54) is 10.6 Å². The number of ether oxygens (including phenoxy) is 1. The Hall–Kier alpha value is -2.31. The first-order chi connectivity index (χ1) is 10.9. The van der Waals surface area contributed by atoms with Crippen LogP contribution in [0.25, 0.3) is 0 Å². The van der Waals surface area contributed by atoms with Crippen LogP contribution in [0.4, 0.5) is 4.79 Å². The largest absolute Gasteiger partial charge is 0.444 e. The van der Waals surface area contributed by atoms with Crippen LogP contribution < -0.4 is 16.2 Å². The molecule has 2 amide bonds. The number of aromatic nitrogens is 1. The van der Waals surface area contributed by atoms with Crippen LogP contribution in [0.5, 0.6) is 0 Å². The molecule has 0 unspecified atom stereocenters. The van der Waals surface area contributed by atoms with Crippen LogP contribution in [-0.2, 0) is 11.8 Å². The zero-order valence-corrected chi connectivity index (χ0v) is 15.2. The van der Waals surface area contributed by atoms with Crippen molar-refractivity contribution in [2.45, 2.75) is 52.2 Å². The Balaban J connectivity index is 2.53. The number of carbonyl (C=O) groups is 2. The Kier molecular flexibility index (Phi) is 6.17. The highest BCUT2D eigenvalue weighted by Crippen LogP contribution is 2.10. The van der Waals surface area contributed by atoms with Gasteiger partial charge in [-0.3, -0.25) is 9.59 Å². The summed E-state index contributed by atoms with van der Waals surface area (Å²) in [6.07, 6.45) is 1.58. The normalized spacial score (nSPS) is 11.8. The van der Waals surface area contributed by atoms with Gasteiger partial charge in [-0.25, -0.2) is 4.79 Å². The maximum atomic E-state index is 12.2. The zero-order valence-electron chi connectivity index (χ0n) is 15.2. The molecule has 0 bridgehead atoms. The van der Waals surface area contributed by atoms with Gasteiger partial charge in [0.1, 0.15) is 5.60 Å².